The molecule has 2 N–H and O–H groups in total. The van der Waals surface area contributed by atoms with Crippen molar-refractivity contribution in [2.24, 2.45) is 0 Å². The molecule has 22 heavy (non-hydrogen) atoms. The van der Waals surface area contributed by atoms with Gasteiger partial charge < -0.3 is 15.2 Å². The molecule has 0 aliphatic heterocycles. The van der Waals surface area contributed by atoms with Gasteiger partial charge in [0.2, 0.25) is 0 Å². The Balaban J connectivity index is 1.85. The van der Waals surface area contributed by atoms with E-state index in [1.165, 1.54) is 12.1 Å². The van der Waals surface area contributed by atoms with Crippen molar-refractivity contribution < 1.29 is 23.8 Å². The van der Waals surface area contributed by atoms with Crippen molar-refractivity contribution >= 4 is 12.1 Å². The first kappa shape index (κ1) is 15.5. The van der Waals surface area contributed by atoms with Crippen molar-refractivity contribution in [3.8, 4) is 0 Å². The molecule has 0 heterocycles. The van der Waals surface area contributed by atoms with E-state index in [4.69, 9.17) is 9.84 Å². The molecule has 0 saturated carbocycles. The number of benzene rings is 2. The van der Waals surface area contributed by atoms with E-state index in [1.54, 1.807) is 0 Å². The Hall–Kier alpha value is -2.89. The zero-order chi connectivity index (χ0) is 15.9. The van der Waals surface area contributed by atoms with Gasteiger partial charge in [-0.05, 0) is 17.7 Å². The Morgan fingerprint density at radius 1 is 1.14 bits per heavy atom. The highest BCUT2D eigenvalue weighted by atomic mass is 19.1. The fraction of sp³-hybridized carbons (Fsp3) is 0.125. The van der Waals surface area contributed by atoms with Gasteiger partial charge in [-0.25, -0.2) is 14.0 Å². The number of carboxylic acids is 1. The molecule has 114 valence electrons. The molecule has 0 bridgehead atoms. The van der Waals surface area contributed by atoms with Gasteiger partial charge in [0.1, 0.15) is 12.4 Å². The Labute approximate surface area is 126 Å². The number of hydrogen-bond acceptors (Lipinski definition) is 3. The number of carboxylic acid groups (broad SMARTS) is 1. The number of halogens is 1. The second-order valence-electron chi connectivity index (χ2n) is 4.53. The average Bonchev–Trinajstić information content (AvgIpc) is 2.52. The van der Waals surface area contributed by atoms with Crippen molar-refractivity contribution in [2.75, 3.05) is 0 Å². The third kappa shape index (κ3) is 4.31. The molecule has 2 aromatic rings. The van der Waals surface area contributed by atoms with Crippen LogP contribution in [0.4, 0.5) is 9.18 Å². The number of alkyl carbamates (subject to hydrolysis) is 1. The molecular formula is C16H14FNO4. The summed E-state index contributed by atoms with van der Waals surface area (Å²) in [6.45, 7) is 0.0342. The van der Waals surface area contributed by atoms with Gasteiger partial charge in [0.05, 0.1) is 5.56 Å². The lowest BCUT2D eigenvalue weighted by Gasteiger charge is -2.08. The summed E-state index contributed by atoms with van der Waals surface area (Å²) in [5, 5.41) is 11.2. The highest BCUT2D eigenvalue weighted by molar-refractivity contribution is 5.87. The first-order valence-electron chi connectivity index (χ1n) is 6.52. The van der Waals surface area contributed by atoms with Crippen LogP contribution in [0.25, 0.3) is 0 Å². The van der Waals surface area contributed by atoms with Crippen LogP contribution in [0.2, 0.25) is 0 Å². The SMILES string of the molecule is O=C(NCc1ccc(C(=O)O)cc1F)OCc1ccccc1. The quantitative estimate of drug-likeness (QED) is 0.890. The summed E-state index contributed by atoms with van der Waals surface area (Å²) in [6.07, 6.45) is -0.675. The topological polar surface area (TPSA) is 75.6 Å². The zero-order valence-electron chi connectivity index (χ0n) is 11.6. The standard InChI is InChI=1S/C16H14FNO4/c17-14-8-12(15(19)20)6-7-13(14)9-18-16(21)22-10-11-4-2-1-3-5-11/h1-8H,9-10H2,(H,18,21)(H,19,20). The van der Waals surface area contributed by atoms with Gasteiger partial charge in [0.15, 0.2) is 0 Å². The van der Waals surface area contributed by atoms with E-state index < -0.39 is 17.9 Å². The molecule has 6 heteroatoms. The van der Waals surface area contributed by atoms with Crippen molar-refractivity contribution in [3.63, 3.8) is 0 Å². The predicted molar refractivity (Wildman–Crippen MR) is 76.8 cm³/mol. The van der Waals surface area contributed by atoms with Crippen molar-refractivity contribution in [1.29, 1.82) is 0 Å². The van der Waals surface area contributed by atoms with Gasteiger partial charge in [-0.15, -0.1) is 0 Å². The highest BCUT2D eigenvalue weighted by Crippen LogP contribution is 2.10. The third-order valence-corrected chi connectivity index (χ3v) is 2.94. The van der Waals surface area contributed by atoms with E-state index in [-0.39, 0.29) is 24.3 Å². The molecule has 0 saturated heterocycles. The lowest BCUT2D eigenvalue weighted by molar-refractivity contribution is 0.0696. The van der Waals surface area contributed by atoms with Gasteiger partial charge in [-0.2, -0.15) is 0 Å². The molecule has 0 fully saturated rings. The summed E-state index contributed by atoms with van der Waals surface area (Å²) in [5.41, 5.74) is 0.879. The third-order valence-electron chi connectivity index (χ3n) is 2.94. The molecule has 2 aromatic carbocycles. The Kier molecular flexibility index (Phi) is 5.08. The Morgan fingerprint density at radius 2 is 1.86 bits per heavy atom. The lowest BCUT2D eigenvalue weighted by Crippen LogP contribution is -2.24. The van der Waals surface area contributed by atoms with Crippen LogP contribution in [0.15, 0.2) is 48.5 Å². The van der Waals surface area contributed by atoms with Crippen molar-refractivity contribution in [3.05, 3.63) is 71.0 Å². The lowest BCUT2D eigenvalue weighted by atomic mass is 10.1. The number of ether oxygens (including phenoxy) is 1. The van der Waals surface area contributed by atoms with Gasteiger partial charge in [-0.3, -0.25) is 0 Å². The maximum absolute atomic E-state index is 13.7. The maximum Gasteiger partial charge on any atom is 0.407 e. The molecule has 0 aliphatic rings. The Bertz CT molecular complexity index is 673. The fourth-order valence-electron chi connectivity index (χ4n) is 1.77. The van der Waals surface area contributed by atoms with Crippen LogP contribution >= 0.6 is 0 Å². The van der Waals surface area contributed by atoms with Crippen LogP contribution in [0, 0.1) is 5.82 Å². The predicted octanol–water partition coefficient (Wildman–Crippen LogP) is 2.95. The zero-order valence-corrected chi connectivity index (χ0v) is 11.6. The molecule has 2 rings (SSSR count). The number of aromatic carboxylic acids is 1. The summed E-state index contributed by atoms with van der Waals surface area (Å²) >= 11 is 0. The minimum Gasteiger partial charge on any atom is -0.478 e. The molecule has 5 nitrogen and oxygen atoms in total. The number of amides is 1. The normalized spacial score (nSPS) is 10.0. The summed E-state index contributed by atoms with van der Waals surface area (Å²) in [4.78, 5) is 22.2. The number of carbonyl (C=O) groups is 2. The van der Waals surface area contributed by atoms with Crippen LogP contribution < -0.4 is 5.32 Å². The molecule has 0 aromatic heterocycles. The molecule has 0 atom stereocenters. The summed E-state index contributed by atoms with van der Waals surface area (Å²) in [6, 6.07) is 12.6. The van der Waals surface area contributed by atoms with Crippen LogP contribution in [0.1, 0.15) is 21.5 Å². The van der Waals surface area contributed by atoms with Gasteiger partial charge in [0.25, 0.3) is 0 Å². The smallest absolute Gasteiger partial charge is 0.407 e. The summed E-state index contributed by atoms with van der Waals surface area (Å²) < 4.78 is 18.6. The van der Waals surface area contributed by atoms with Gasteiger partial charge in [0, 0.05) is 12.1 Å². The molecule has 0 aliphatic carbocycles. The largest absolute Gasteiger partial charge is 0.478 e. The Morgan fingerprint density at radius 3 is 2.50 bits per heavy atom. The van der Waals surface area contributed by atoms with E-state index in [1.807, 2.05) is 30.3 Å². The molecule has 0 radical (unpaired) electrons. The van der Waals surface area contributed by atoms with Gasteiger partial charge in [-0.1, -0.05) is 36.4 Å². The molecule has 0 unspecified atom stereocenters. The first-order chi connectivity index (χ1) is 10.6. The molecular weight excluding hydrogens is 289 g/mol. The highest BCUT2D eigenvalue weighted by Gasteiger charge is 2.09. The van der Waals surface area contributed by atoms with Crippen LogP contribution in [-0.4, -0.2) is 17.2 Å². The van der Waals surface area contributed by atoms with E-state index in [2.05, 4.69) is 5.32 Å². The van der Waals surface area contributed by atoms with Gasteiger partial charge >= 0.3 is 12.1 Å². The second-order valence-corrected chi connectivity index (χ2v) is 4.53. The number of carbonyl (C=O) groups excluding carboxylic acids is 1. The first-order valence-corrected chi connectivity index (χ1v) is 6.52. The number of rotatable bonds is 5. The van der Waals surface area contributed by atoms with E-state index in [9.17, 15) is 14.0 Å². The minimum absolute atomic E-state index is 0.0840. The van der Waals surface area contributed by atoms with Crippen LogP contribution in [0.5, 0.6) is 0 Å². The molecule has 1 amide bonds. The van der Waals surface area contributed by atoms with Crippen molar-refractivity contribution in [1.82, 2.24) is 5.32 Å². The van der Waals surface area contributed by atoms with E-state index in [0.29, 0.717) is 0 Å². The van der Waals surface area contributed by atoms with E-state index in [0.717, 1.165) is 11.6 Å². The second kappa shape index (κ2) is 7.21. The van der Waals surface area contributed by atoms with Crippen LogP contribution in [-0.2, 0) is 17.9 Å². The van der Waals surface area contributed by atoms with E-state index >= 15 is 0 Å². The maximum atomic E-state index is 13.7. The monoisotopic (exact) mass is 303 g/mol. The summed E-state index contributed by atoms with van der Waals surface area (Å²) in [5.74, 6) is -1.90. The minimum atomic E-state index is -1.21. The summed E-state index contributed by atoms with van der Waals surface area (Å²) in [7, 11) is 0. The number of nitrogens with one attached hydrogen (secondary N) is 1. The number of hydrogen-bond donors (Lipinski definition) is 2. The fourth-order valence-corrected chi connectivity index (χ4v) is 1.77. The van der Waals surface area contributed by atoms with Crippen molar-refractivity contribution in [2.45, 2.75) is 13.2 Å². The average molecular weight is 303 g/mol. The van der Waals surface area contributed by atoms with Crippen LogP contribution in [0.3, 0.4) is 0 Å². The molecule has 0 spiro atoms.